The lowest BCUT2D eigenvalue weighted by atomic mass is 9.92. The first-order valence-electron chi connectivity index (χ1n) is 5.99. The topological polar surface area (TPSA) is 41.1 Å². The maximum absolute atomic E-state index is 12.8. The molecule has 1 heterocycles. The molecule has 3 rings (SSSR count). The van der Waals surface area contributed by atoms with Crippen molar-refractivity contribution in [3.05, 3.63) is 30.3 Å². The maximum Gasteiger partial charge on any atom is 0.241 e. The van der Waals surface area contributed by atoms with E-state index >= 15 is 0 Å². The van der Waals surface area contributed by atoms with Crippen LogP contribution in [0.5, 0.6) is 0 Å². The van der Waals surface area contributed by atoms with Crippen LogP contribution in [-0.4, -0.2) is 12.1 Å². The van der Waals surface area contributed by atoms with Crippen molar-refractivity contribution in [3.8, 4) is 0 Å². The van der Waals surface area contributed by atoms with Crippen molar-refractivity contribution in [2.24, 2.45) is 0 Å². The second-order valence-electron chi connectivity index (χ2n) is 4.70. The normalized spacial score (nSPS) is 32.2. The summed E-state index contributed by atoms with van der Waals surface area (Å²) in [5.74, 6) is 0. The van der Waals surface area contributed by atoms with Crippen LogP contribution >= 0.6 is 7.44 Å². The Balaban J connectivity index is 1.88. The van der Waals surface area contributed by atoms with E-state index in [2.05, 4.69) is 10.2 Å². The molecule has 4 heteroatoms. The average molecular weight is 236 g/mol. The molecule has 0 aromatic heterocycles. The fraction of sp³-hybridized carbons (Fsp3) is 0.500. The molecule has 0 unspecified atom stereocenters. The van der Waals surface area contributed by atoms with Gasteiger partial charge in [-0.05, 0) is 25.0 Å². The van der Waals surface area contributed by atoms with Gasteiger partial charge in [0.15, 0.2) is 0 Å². The van der Waals surface area contributed by atoms with Crippen molar-refractivity contribution in [1.82, 2.24) is 10.2 Å². The van der Waals surface area contributed by atoms with Gasteiger partial charge in [0, 0.05) is 17.4 Å². The number of hydrogen-bond donors (Lipinski definition) is 2. The molecule has 1 aromatic rings. The zero-order valence-corrected chi connectivity index (χ0v) is 10.1. The van der Waals surface area contributed by atoms with E-state index in [0.29, 0.717) is 12.1 Å². The maximum atomic E-state index is 12.8. The highest BCUT2D eigenvalue weighted by Gasteiger charge is 2.42. The van der Waals surface area contributed by atoms with Crippen molar-refractivity contribution in [2.45, 2.75) is 37.8 Å². The van der Waals surface area contributed by atoms with Crippen LogP contribution in [0.2, 0.25) is 0 Å². The van der Waals surface area contributed by atoms with E-state index in [1.165, 1.54) is 12.8 Å². The molecule has 2 aliphatic rings. The fourth-order valence-electron chi connectivity index (χ4n) is 2.73. The smallest absolute Gasteiger partial charge is 0.241 e. The molecule has 1 aliphatic heterocycles. The average Bonchev–Trinajstić information content (AvgIpc) is 2.68. The van der Waals surface area contributed by atoms with E-state index in [9.17, 15) is 4.57 Å². The van der Waals surface area contributed by atoms with E-state index in [1.807, 2.05) is 30.3 Å². The summed E-state index contributed by atoms with van der Waals surface area (Å²) in [6, 6.07) is 10.5. The lowest BCUT2D eigenvalue weighted by molar-refractivity contribution is 0.374. The van der Waals surface area contributed by atoms with Gasteiger partial charge < -0.3 is 0 Å². The minimum atomic E-state index is -2.53. The Hall–Kier alpha value is -0.630. The number of benzene rings is 1. The van der Waals surface area contributed by atoms with Crippen molar-refractivity contribution in [3.63, 3.8) is 0 Å². The van der Waals surface area contributed by atoms with Gasteiger partial charge in [-0.1, -0.05) is 31.0 Å². The van der Waals surface area contributed by atoms with Gasteiger partial charge in [0.25, 0.3) is 0 Å². The highest BCUT2D eigenvalue weighted by molar-refractivity contribution is 7.68. The molecule has 0 spiro atoms. The number of rotatable bonds is 1. The zero-order chi connectivity index (χ0) is 11.0. The Kier molecular flexibility index (Phi) is 2.62. The van der Waals surface area contributed by atoms with E-state index in [-0.39, 0.29) is 0 Å². The summed E-state index contributed by atoms with van der Waals surface area (Å²) in [6.07, 6.45) is 4.80. The van der Waals surface area contributed by atoms with E-state index in [4.69, 9.17) is 0 Å². The third-order valence-electron chi connectivity index (χ3n) is 3.58. The molecule has 0 bridgehead atoms. The summed E-state index contributed by atoms with van der Waals surface area (Å²) in [5.41, 5.74) is 0. The SMILES string of the molecule is O=P1(c2ccccc2)N[C@H]2CCCC[C@@H]2N1. The highest BCUT2D eigenvalue weighted by atomic mass is 31.2. The Morgan fingerprint density at radius 2 is 1.56 bits per heavy atom. The standard InChI is InChI=1S/C12H17N2OP/c15-16(10-6-2-1-3-7-10)13-11-8-4-5-9-12(11)14-16/h1-3,6-7,11-12H,4-5,8-9H2,(H2,13,14,15)/t11-,12-/m0/s1. The van der Waals surface area contributed by atoms with Crippen LogP contribution in [0.1, 0.15) is 25.7 Å². The van der Waals surface area contributed by atoms with E-state index in [0.717, 1.165) is 18.1 Å². The Morgan fingerprint density at radius 1 is 1.00 bits per heavy atom. The molecule has 2 N–H and O–H groups in total. The minimum absolute atomic E-state index is 0.403. The monoisotopic (exact) mass is 236 g/mol. The van der Waals surface area contributed by atoms with Gasteiger partial charge in [-0.15, -0.1) is 0 Å². The van der Waals surface area contributed by atoms with Gasteiger partial charge in [-0.3, -0.25) is 4.57 Å². The summed E-state index contributed by atoms with van der Waals surface area (Å²) >= 11 is 0. The van der Waals surface area contributed by atoms with Crippen LogP contribution in [-0.2, 0) is 4.57 Å². The first kappa shape index (κ1) is 10.5. The summed E-state index contributed by atoms with van der Waals surface area (Å²) in [7, 11) is -2.53. The van der Waals surface area contributed by atoms with Crippen LogP contribution < -0.4 is 15.5 Å². The second kappa shape index (κ2) is 3.99. The molecule has 1 aliphatic carbocycles. The van der Waals surface area contributed by atoms with Gasteiger partial charge in [-0.2, -0.15) is 0 Å². The van der Waals surface area contributed by atoms with Crippen molar-refractivity contribution < 1.29 is 4.57 Å². The van der Waals surface area contributed by atoms with Crippen LogP contribution in [0.15, 0.2) is 30.3 Å². The minimum Gasteiger partial charge on any atom is -0.284 e. The second-order valence-corrected chi connectivity index (χ2v) is 6.95. The molecule has 1 saturated carbocycles. The number of fused-ring (bicyclic) bond motifs is 1. The van der Waals surface area contributed by atoms with Crippen LogP contribution in [0.3, 0.4) is 0 Å². The van der Waals surface area contributed by atoms with E-state index in [1.54, 1.807) is 0 Å². The molecule has 2 fully saturated rings. The molecule has 86 valence electrons. The number of hydrogen-bond acceptors (Lipinski definition) is 1. The summed E-state index contributed by atoms with van der Waals surface area (Å²) in [4.78, 5) is 0. The molecule has 1 aromatic carbocycles. The van der Waals surface area contributed by atoms with Gasteiger partial charge in [0.05, 0.1) is 0 Å². The van der Waals surface area contributed by atoms with Gasteiger partial charge >= 0.3 is 0 Å². The van der Waals surface area contributed by atoms with Gasteiger partial charge in [0.2, 0.25) is 7.44 Å². The zero-order valence-electron chi connectivity index (χ0n) is 9.23. The quantitative estimate of drug-likeness (QED) is 0.733. The third-order valence-corrected chi connectivity index (χ3v) is 6.00. The van der Waals surface area contributed by atoms with E-state index < -0.39 is 7.44 Å². The predicted octanol–water partition coefficient (Wildman–Crippen LogP) is 2.01. The molecular formula is C12H17N2OP. The third kappa shape index (κ3) is 1.73. The largest absolute Gasteiger partial charge is 0.284 e. The van der Waals surface area contributed by atoms with Crippen LogP contribution in [0, 0.1) is 0 Å². The first-order chi connectivity index (χ1) is 7.78. The molecule has 2 atom stereocenters. The summed E-state index contributed by atoms with van der Waals surface area (Å²) in [6.45, 7) is 0. The predicted molar refractivity (Wildman–Crippen MR) is 66.0 cm³/mol. The highest BCUT2D eigenvalue weighted by Crippen LogP contribution is 2.44. The Morgan fingerprint density at radius 3 is 2.12 bits per heavy atom. The summed E-state index contributed by atoms with van der Waals surface area (Å²) in [5, 5.41) is 7.57. The van der Waals surface area contributed by atoms with Crippen molar-refractivity contribution in [1.29, 1.82) is 0 Å². The lowest BCUT2D eigenvalue weighted by Crippen LogP contribution is -2.36. The van der Waals surface area contributed by atoms with Gasteiger partial charge in [-0.25, -0.2) is 10.2 Å². The molecule has 0 radical (unpaired) electrons. The first-order valence-corrected chi connectivity index (χ1v) is 7.70. The molecular weight excluding hydrogens is 219 g/mol. The molecule has 0 amide bonds. The Labute approximate surface area is 96.1 Å². The van der Waals surface area contributed by atoms with Crippen LogP contribution in [0.4, 0.5) is 0 Å². The lowest BCUT2D eigenvalue weighted by Gasteiger charge is -2.22. The fourth-order valence-corrected chi connectivity index (χ4v) is 5.25. The molecule has 3 nitrogen and oxygen atoms in total. The molecule has 1 saturated heterocycles. The Bertz CT molecular complexity index is 402. The van der Waals surface area contributed by atoms with Crippen molar-refractivity contribution >= 4 is 12.7 Å². The van der Waals surface area contributed by atoms with Crippen LogP contribution in [0.25, 0.3) is 0 Å². The number of nitrogens with one attached hydrogen (secondary N) is 2. The van der Waals surface area contributed by atoms with Crippen molar-refractivity contribution in [2.75, 3.05) is 0 Å². The molecule has 16 heavy (non-hydrogen) atoms. The summed E-state index contributed by atoms with van der Waals surface area (Å²) < 4.78 is 12.8. The van der Waals surface area contributed by atoms with Gasteiger partial charge in [0.1, 0.15) is 0 Å².